The van der Waals surface area contributed by atoms with E-state index in [4.69, 9.17) is 21.1 Å². The number of halogens is 1. The quantitative estimate of drug-likeness (QED) is 0.533. The summed E-state index contributed by atoms with van der Waals surface area (Å²) in [5.41, 5.74) is 0.497. The molecule has 0 saturated heterocycles. The normalized spacial score (nSPS) is 11.1. The van der Waals surface area contributed by atoms with Gasteiger partial charge in [-0.1, -0.05) is 29.8 Å². The Bertz CT molecular complexity index is 895. The van der Waals surface area contributed by atoms with E-state index in [0.29, 0.717) is 16.5 Å². The fraction of sp³-hybridized carbons (Fsp3) is 0.200. The predicted octanol–water partition coefficient (Wildman–Crippen LogP) is 5.44. The lowest BCUT2D eigenvalue weighted by atomic mass is 10.1. The van der Waals surface area contributed by atoms with Gasteiger partial charge in [-0.2, -0.15) is 0 Å². The van der Waals surface area contributed by atoms with Crippen LogP contribution in [-0.2, 0) is 16.1 Å². The summed E-state index contributed by atoms with van der Waals surface area (Å²) in [7, 11) is 0. The Kier molecular flexibility index (Phi) is 5.98. The van der Waals surface area contributed by atoms with Gasteiger partial charge >= 0.3 is 5.97 Å². The average Bonchev–Trinajstić information content (AvgIpc) is 3.09. The summed E-state index contributed by atoms with van der Waals surface area (Å²) in [4.78, 5) is 16.8. The summed E-state index contributed by atoms with van der Waals surface area (Å²) >= 11 is 7.31. The van der Waals surface area contributed by atoms with Crippen LogP contribution in [0.5, 0.6) is 5.75 Å². The summed E-state index contributed by atoms with van der Waals surface area (Å²) in [6.07, 6.45) is 0. The minimum Gasteiger partial charge on any atom is -0.476 e. The molecule has 0 aliphatic carbocycles. The molecule has 0 saturated carbocycles. The van der Waals surface area contributed by atoms with Crippen molar-refractivity contribution in [1.29, 1.82) is 0 Å². The molecule has 0 unspecified atom stereocenters. The number of carbonyl (C=O) groups is 1. The maximum absolute atomic E-state index is 12.4. The Morgan fingerprint density at radius 2 is 1.85 bits per heavy atom. The molecule has 0 bridgehead atoms. The van der Waals surface area contributed by atoms with Gasteiger partial charge in [-0.15, -0.1) is 11.3 Å². The van der Waals surface area contributed by atoms with Gasteiger partial charge in [0.1, 0.15) is 12.4 Å². The zero-order chi connectivity index (χ0) is 19.3. The first-order chi connectivity index (χ1) is 12.9. The Labute approximate surface area is 166 Å². The van der Waals surface area contributed by atoms with Crippen molar-refractivity contribution in [3.63, 3.8) is 0 Å². The number of ether oxygens (including phenoxy) is 2. The molecule has 3 aromatic rings. The highest BCUT2D eigenvalue weighted by Gasteiger charge is 2.32. The fourth-order valence-corrected chi connectivity index (χ4v) is 3.07. The van der Waals surface area contributed by atoms with Crippen molar-refractivity contribution in [2.75, 3.05) is 5.32 Å². The zero-order valence-electron chi connectivity index (χ0n) is 14.9. The van der Waals surface area contributed by atoms with E-state index in [1.165, 1.54) is 11.3 Å². The van der Waals surface area contributed by atoms with Crippen molar-refractivity contribution < 1.29 is 14.3 Å². The number of esters is 1. The number of para-hydroxylation sites is 1. The number of nitrogens with zero attached hydrogens (tertiary/aromatic N) is 1. The molecule has 0 aliphatic rings. The maximum Gasteiger partial charge on any atom is 0.350 e. The molecule has 5 nitrogen and oxygen atoms in total. The van der Waals surface area contributed by atoms with Crippen LogP contribution >= 0.6 is 22.9 Å². The number of aromatic nitrogens is 1. The second kappa shape index (κ2) is 8.41. The lowest BCUT2D eigenvalue weighted by molar-refractivity contribution is -0.160. The van der Waals surface area contributed by atoms with Crippen molar-refractivity contribution in [1.82, 2.24) is 4.98 Å². The molecular weight excluding hydrogens is 384 g/mol. The Morgan fingerprint density at radius 1 is 1.15 bits per heavy atom. The van der Waals surface area contributed by atoms with Crippen molar-refractivity contribution in [2.45, 2.75) is 26.1 Å². The molecule has 1 N–H and O–H groups in total. The third-order valence-corrected chi connectivity index (χ3v) is 4.66. The number of nitrogens with one attached hydrogen (secondary N) is 1. The monoisotopic (exact) mass is 402 g/mol. The minimum atomic E-state index is -1.13. The molecule has 0 spiro atoms. The van der Waals surface area contributed by atoms with E-state index in [1.807, 2.05) is 35.7 Å². The second-order valence-electron chi connectivity index (χ2n) is 6.28. The number of rotatable bonds is 7. The number of benzene rings is 2. The van der Waals surface area contributed by atoms with Gasteiger partial charge in [0.25, 0.3) is 0 Å². The summed E-state index contributed by atoms with van der Waals surface area (Å²) < 4.78 is 11.1. The van der Waals surface area contributed by atoms with Gasteiger partial charge < -0.3 is 14.8 Å². The Balaban J connectivity index is 1.54. The molecule has 140 valence electrons. The van der Waals surface area contributed by atoms with Gasteiger partial charge in [-0.25, -0.2) is 9.78 Å². The number of hydrogen-bond donors (Lipinski definition) is 1. The highest BCUT2D eigenvalue weighted by Crippen LogP contribution is 2.24. The molecular formula is C20H19ClN2O3S. The molecule has 0 aliphatic heterocycles. The van der Waals surface area contributed by atoms with Crippen LogP contribution in [0.3, 0.4) is 0 Å². The number of carbonyl (C=O) groups excluding carboxylic acids is 1. The van der Waals surface area contributed by atoms with E-state index in [-0.39, 0.29) is 6.61 Å². The predicted molar refractivity (Wildman–Crippen MR) is 108 cm³/mol. The summed E-state index contributed by atoms with van der Waals surface area (Å²) in [6.45, 7) is 3.40. The Hall–Kier alpha value is -2.57. The van der Waals surface area contributed by atoms with Crippen LogP contribution in [0.4, 0.5) is 10.8 Å². The molecule has 3 rings (SSSR count). The third-order valence-electron chi connectivity index (χ3n) is 3.61. The fourth-order valence-electron chi connectivity index (χ4n) is 2.23. The molecule has 1 heterocycles. The van der Waals surface area contributed by atoms with E-state index >= 15 is 0 Å². The molecule has 0 atom stereocenters. The van der Waals surface area contributed by atoms with E-state index in [0.717, 1.165) is 10.8 Å². The van der Waals surface area contributed by atoms with Gasteiger partial charge in [0.2, 0.25) is 0 Å². The zero-order valence-corrected chi connectivity index (χ0v) is 16.5. The lowest BCUT2D eigenvalue weighted by Gasteiger charge is -2.24. The Morgan fingerprint density at radius 3 is 2.56 bits per heavy atom. The van der Waals surface area contributed by atoms with Gasteiger partial charge in [-0.3, -0.25) is 0 Å². The van der Waals surface area contributed by atoms with Gasteiger partial charge in [0.15, 0.2) is 10.7 Å². The highest BCUT2D eigenvalue weighted by atomic mass is 35.5. The molecule has 27 heavy (non-hydrogen) atoms. The van der Waals surface area contributed by atoms with Crippen LogP contribution in [0.25, 0.3) is 0 Å². The van der Waals surface area contributed by atoms with Crippen LogP contribution in [0.2, 0.25) is 5.02 Å². The summed E-state index contributed by atoms with van der Waals surface area (Å²) in [5, 5.41) is 6.41. The molecule has 0 radical (unpaired) electrons. The van der Waals surface area contributed by atoms with Crippen molar-refractivity contribution in [3.8, 4) is 5.75 Å². The first kappa shape index (κ1) is 19.2. The first-order valence-electron chi connectivity index (χ1n) is 8.31. The maximum atomic E-state index is 12.4. The van der Waals surface area contributed by atoms with Crippen LogP contribution < -0.4 is 10.1 Å². The second-order valence-corrected chi connectivity index (χ2v) is 7.57. The highest BCUT2D eigenvalue weighted by molar-refractivity contribution is 7.13. The molecule has 0 fully saturated rings. The molecule has 7 heteroatoms. The van der Waals surface area contributed by atoms with Crippen molar-refractivity contribution >= 4 is 39.7 Å². The molecule has 1 aromatic heterocycles. The van der Waals surface area contributed by atoms with Crippen LogP contribution in [-0.4, -0.2) is 16.6 Å². The third kappa shape index (κ3) is 5.45. The molecule has 0 amide bonds. The summed E-state index contributed by atoms with van der Waals surface area (Å²) in [5.74, 6) is 0.0763. The first-order valence-corrected chi connectivity index (χ1v) is 9.56. The number of anilines is 2. The van der Waals surface area contributed by atoms with Gasteiger partial charge in [-0.05, 0) is 50.2 Å². The van der Waals surface area contributed by atoms with Gasteiger partial charge in [0.05, 0.1) is 5.69 Å². The number of thiazole rings is 1. The van der Waals surface area contributed by atoms with E-state index in [1.54, 1.807) is 38.1 Å². The standard InChI is InChI=1S/C20H19ClN2O3S/c1-20(2,26-17-10-8-14(21)9-11-17)18(24)25-12-16-13-27-19(23-16)22-15-6-4-3-5-7-15/h3-11,13H,12H2,1-2H3,(H,22,23). The molecule has 2 aromatic carbocycles. The van der Waals surface area contributed by atoms with Crippen molar-refractivity contribution in [3.05, 3.63) is 70.7 Å². The topological polar surface area (TPSA) is 60.5 Å². The summed E-state index contributed by atoms with van der Waals surface area (Å²) in [6, 6.07) is 16.6. The SMILES string of the molecule is CC(C)(Oc1ccc(Cl)cc1)C(=O)OCc1csc(Nc2ccccc2)n1. The largest absolute Gasteiger partial charge is 0.476 e. The smallest absolute Gasteiger partial charge is 0.350 e. The van der Waals surface area contributed by atoms with Crippen LogP contribution in [0.15, 0.2) is 60.0 Å². The lowest BCUT2D eigenvalue weighted by Crippen LogP contribution is -2.39. The van der Waals surface area contributed by atoms with E-state index in [9.17, 15) is 4.79 Å². The van der Waals surface area contributed by atoms with E-state index < -0.39 is 11.6 Å². The van der Waals surface area contributed by atoms with Crippen molar-refractivity contribution in [2.24, 2.45) is 0 Å². The minimum absolute atomic E-state index is 0.0826. The average molecular weight is 403 g/mol. The number of hydrogen-bond acceptors (Lipinski definition) is 6. The van der Waals surface area contributed by atoms with Gasteiger partial charge in [0, 0.05) is 16.1 Å². The van der Waals surface area contributed by atoms with Crippen LogP contribution in [0, 0.1) is 0 Å². The van der Waals surface area contributed by atoms with E-state index in [2.05, 4.69) is 10.3 Å². The van der Waals surface area contributed by atoms with Crippen LogP contribution in [0.1, 0.15) is 19.5 Å².